The molecule has 1 aromatic heterocycles. The molecular formula is C12H16N4O. The molecule has 0 saturated heterocycles. The Balaban J connectivity index is 1.47. The Hall–Kier alpha value is -1.52. The molecule has 0 radical (unpaired) electrons. The fourth-order valence-electron chi connectivity index (χ4n) is 4.22. The van der Waals surface area contributed by atoms with Crippen LogP contribution < -0.4 is 11.1 Å². The number of fused-ring (bicyclic) bond motifs is 5. The molecule has 3 saturated carbocycles. The quantitative estimate of drug-likeness (QED) is 0.704. The molecule has 4 N–H and O–H groups in total. The number of anilines is 1. The van der Waals surface area contributed by atoms with E-state index in [2.05, 4.69) is 15.5 Å². The van der Waals surface area contributed by atoms with Crippen LogP contribution in [0.3, 0.4) is 0 Å². The van der Waals surface area contributed by atoms with E-state index in [-0.39, 0.29) is 5.91 Å². The minimum absolute atomic E-state index is 0.0740. The number of hydrogen-bond acceptors (Lipinski definition) is 3. The number of carbonyl (C=O) groups excluding carboxylic acids is 1. The highest BCUT2D eigenvalue weighted by Crippen LogP contribution is 2.65. The molecule has 4 atom stereocenters. The van der Waals surface area contributed by atoms with E-state index in [1.807, 2.05) is 0 Å². The standard InChI is InChI=1S/C12H16N4O/c13-11-7(4-14-16-11)12(17)15-10-8-5-1-2-6(3-5)9(8)10/h4-6,8-10H,1-3H2,(H,15,17)(H3,13,14,16). The van der Waals surface area contributed by atoms with Crippen LogP contribution in [-0.2, 0) is 0 Å². The van der Waals surface area contributed by atoms with Gasteiger partial charge in [-0.2, -0.15) is 5.10 Å². The fourth-order valence-corrected chi connectivity index (χ4v) is 4.22. The molecule has 4 rings (SSSR count). The Morgan fingerprint density at radius 1 is 1.41 bits per heavy atom. The first-order chi connectivity index (χ1) is 8.25. The van der Waals surface area contributed by atoms with Crippen molar-refractivity contribution in [2.24, 2.45) is 23.7 Å². The average molecular weight is 232 g/mol. The van der Waals surface area contributed by atoms with Gasteiger partial charge in [-0.1, -0.05) is 0 Å². The molecule has 17 heavy (non-hydrogen) atoms. The number of nitrogens with two attached hydrogens (primary N) is 1. The summed E-state index contributed by atoms with van der Waals surface area (Å²) in [5.74, 6) is 3.54. The molecule has 5 nitrogen and oxygen atoms in total. The lowest BCUT2D eigenvalue weighted by molar-refractivity contribution is 0.0945. The van der Waals surface area contributed by atoms with Crippen LogP contribution >= 0.6 is 0 Å². The number of aromatic nitrogens is 2. The third-order valence-electron chi connectivity index (χ3n) is 4.95. The van der Waals surface area contributed by atoms with Crippen molar-refractivity contribution in [3.63, 3.8) is 0 Å². The number of rotatable bonds is 2. The van der Waals surface area contributed by atoms with Gasteiger partial charge in [0.15, 0.2) is 0 Å². The molecule has 4 unspecified atom stereocenters. The minimum atomic E-state index is -0.0740. The molecule has 3 aliphatic rings. The zero-order chi connectivity index (χ0) is 11.6. The molecule has 0 spiro atoms. The van der Waals surface area contributed by atoms with E-state index in [1.54, 1.807) is 0 Å². The van der Waals surface area contributed by atoms with Crippen LogP contribution in [0.25, 0.3) is 0 Å². The van der Waals surface area contributed by atoms with Gasteiger partial charge in [-0.25, -0.2) is 0 Å². The molecular weight excluding hydrogens is 216 g/mol. The van der Waals surface area contributed by atoms with Gasteiger partial charge in [0.1, 0.15) is 11.4 Å². The van der Waals surface area contributed by atoms with Gasteiger partial charge in [0.2, 0.25) is 0 Å². The first-order valence-corrected chi connectivity index (χ1v) is 6.35. The summed E-state index contributed by atoms with van der Waals surface area (Å²) >= 11 is 0. The molecule has 1 aromatic rings. The molecule has 1 heterocycles. The van der Waals surface area contributed by atoms with Crippen molar-refractivity contribution < 1.29 is 4.79 Å². The van der Waals surface area contributed by atoms with Crippen LogP contribution in [-0.4, -0.2) is 22.1 Å². The van der Waals surface area contributed by atoms with Crippen molar-refractivity contribution in [2.45, 2.75) is 25.3 Å². The van der Waals surface area contributed by atoms with Crippen LogP contribution in [0, 0.1) is 23.7 Å². The van der Waals surface area contributed by atoms with Crippen LogP contribution in [0.15, 0.2) is 6.20 Å². The predicted octanol–water partition coefficient (Wildman–Crippen LogP) is 0.766. The summed E-state index contributed by atoms with van der Waals surface area (Å²) in [6, 6.07) is 0.406. The molecule has 0 aliphatic heterocycles. The highest BCUT2D eigenvalue weighted by atomic mass is 16.1. The molecule has 3 fully saturated rings. The van der Waals surface area contributed by atoms with E-state index in [0.29, 0.717) is 17.4 Å². The topological polar surface area (TPSA) is 83.8 Å². The average Bonchev–Trinajstić information content (AvgIpc) is 2.76. The van der Waals surface area contributed by atoms with E-state index >= 15 is 0 Å². The van der Waals surface area contributed by atoms with E-state index in [1.165, 1.54) is 25.5 Å². The predicted molar refractivity (Wildman–Crippen MR) is 62.1 cm³/mol. The highest BCUT2D eigenvalue weighted by molar-refractivity contribution is 5.98. The Morgan fingerprint density at radius 3 is 2.71 bits per heavy atom. The van der Waals surface area contributed by atoms with Gasteiger partial charge in [-0.3, -0.25) is 9.89 Å². The maximum atomic E-state index is 12.0. The lowest BCUT2D eigenvalue weighted by atomic mass is 10.0. The van der Waals surface area contributed by atoms with E-state index < -0.39 is 0 Å². The van der Waals surface area contributed by atoms with Gasteiger partial charge in [0, 0.05) is 6.04 Å². The summed E-state index contributed by atoms with van der Waals surface area (Å²) in [7, 11) is 0. The number of aromatic amines is 1. The third-order valence-corrected chi connectivity index (χ3v) is 4.95. The Kier molecular flexibility index (Phi) is 1.69. The maximum absolute atomic E-state index is 12.0. The second-order valence-corrected chi connectivity index (χ2v) is 5.68. The monoisotopic (exact) mass is 232 g/mol. The Labute approximate surface area is 99.1 Å². The van der Waals surface area contributed by atoms with Crippen molar-refractivity contribution in [2.75, 3.05) is 5.73 Å². The second kappa shape index (κ2) is 3.03. The molecule has 0 aromatic carbocycles. The lowest BCUT2D eigenvalue weighted by Crippen LogP contribution is -2.30. The van der Waals surface area contributed by atoms with Gasteiger partial charge in [0.25, 0.3) is 5.91 Å². The van der Waals surface area contributed by atoms with Crippen molar-refractivity contribution >= 4 is 11.7 Å². The number of H-pyrrole nitrogens is 1. The van der Waals surface area contributed by atoms with Crippen molar-refractivity contribution in [1.82, 2.24) is 15.5 Å². The van der Waals surface area contributed by atoms with Crippen LogP contribution in [0.4, 0.5) is 5.82 Å². The molecule has 1 amide bonds. The van der Waals surface area contributed by atoms with Crippen molar-refractivity contribution in [1.29, 1.82) is 0 Å². The Morgan fingerprint density at radius 2 is 2.12 bits per heavy atom. The number of nitrogens with zero attached hydrogens (tertiary/aromatic N) is 1. The first kappa shape index (κ1) is 9.50. The summed E-state index contributed by atoms with van der Waals surface area (Å²) < 4.78 is 0. The molecule has 5 heteroatoms. The third kappa shape index (κ3) is 1.19. The fraction of sp³-hybridized carbons (Fsp3) is 0.667. The van der Waals surface area contributed by atoms with Crippen LogP contribution in [0.2, 0.25) is 0 Å². The molecule has 3 aliphatic carbocycles. The van der Waals surface area contributed by atoms with Crippen LogP contribution in [0.5, 0.6) is 0 Å². The zero-order valence-corrected chi connectivity index (χ0v) is 9.52. The first-order valence-electron chi connectivity index (χ1n) is 6.35. The summed E-state index contributed by atoms with van der Waals surface area (Å²) in [4.78, 5) is 12.0. The normalized spacial score (nSPS) is 41.3. The number of amides is 1. The van der Waals surface area contributed by atoms with E-state index in [0.717, 1.165) is 23.7 Å². The van der Waals surface area contributed by atoms with Gasteiger partial charge < -0.3 is 11.1 Å². The number of nitrogens with one attached hydrogen (secondary N) is 2. The molecule has 90 valence electrons. The number of nitrogen functional groups attached to an aromatic ring is 1. The summed E-state index contributed by atoms with van der Waals surface area (Å²) in [6.45, 7) is 0. The van der Waals surface area contributed by atoms with Crippen molar-refractivity contribution in [3.8, 4) is 0 Å². The van der Waals surface area contributed by atoms with Gasteiger partial charge in [0.05, 0.1) is 6.20 Å². The highest BCUT2D eigenvalue weighted by Gasteiger charge is 2.65. The second-order valence-electron chi connectivity index (χ2n) is 5.68. The smallest absolute Gasteiger partial charge is 0.256 e. The lowest BCUT2D eigenvalue weighted by Gasteiger charge is -2.09. The van der Waals surface area contributed by atoms with Crippen LogP contribution in [0.1, 0.15) is 29.6 Å². The summed E-state index contributed by atoms with van der Waals surface area (Å²) in [5, 5.41) is 9.49. The van der Waals surface area contributed by atoms with Crippen molar-refractivity contribution in [3.05, 3.63) is 11.8 Å². The van der Waals surface area contributed by atoms with E-state index in [4.69, 9.17) is 5.73 Å². The largest absolute Gasteiger partial charge is 0.383 e. The van der Waals surface area contributed by atoms with Gasteiger partial charge in [-0.05, 0) is 42.9 Å². The van der Waals surface area contributed by atoms with Gasteiger partial charge >= 0.3 is 0 Å². The zero-order valence-electron chi connectivity index (χ0n) is 9.52. The molecule has 2 bridgehead atoms. The Bertz CT molecular complexity index is 467. The number of hydrogen-bond donors (Lipinski definition) is 3. The summed E-state index contributed by atoms with van der Waals surface area (Å²) in [6.07, 6.45) is 5.63. The van der Waals surface area contributed by atoms with E-state index in [9.17, 15) is 4.79 Å². The summed E-state index contributed by atoms with van der Waals surface area (Å²) in [5.41, 5.74) is 6.12. The number of carbonyl (C=O) groups is 1. The maximum Gasteiger partial charge on any atom is 0.256 e. The SMILES string of the molecule is Nc1[nH]ncc1C(=O)NC1C2C3CCC(C3)C12. The van der Waals surface area contributed by atoms with Gasteiger partial charge in [-0.15, -0.1) is 0 Å². The minimum Gasteiger partial charge on any atom is -0.383 e.